The average molecular weight is 199 g/mol. The van der Waals surface area contributed by atoms with Crippen molar-refractivity contribution in [2.24, 2.45) is 5.73 Å². The second-order valence-electron chi connectivity index (χ2n) is 4.01. The normalized spacial score (nSPS) is 12.1. The molecule has 0 aliphatic carbocycles. The van der Waals surface area contributed by atoms with Crippen molar-refractivity contribution in [1.82, 2.24) is 10.6 Å². The fourth-order valence-corrected chi connectivity index (χ4v) is 0.649. The predicted octanol–water partition coefficient (Wildman–Crippen LogP) is 0.473. The maximum atomic E-state index is 11.2. The lowest BCUT2D eigenvalue weighted by molar-refractivity contribution is -0.116. The van der Waals surface area contributed by atoms with Crippen molar-refractivity contribution in [1.29, 1.82) is 0 Å². The smallest absolute Gasteiger partial charge is 0.322 e. The molecular formula is C9H17N3O2. The summed E-state index contributed by atoms with van der Waals surface area (Å²) in [6.07, 6.45) is 1.15. The zero-order chi connectivity index (χ0) is 11.4. The zero-order valence-corrected chi connectivity index (χ0v) is 8.97. The molecule has 80 valence electrons. The molecule has 0 fully saturated rings. The summed E-state index contributed by atoms with van der Waals surface area (Å²) in [4.78, 5) is 22.3. The second-order valence-corrected chi connectivity index (χ2v) is 4.01. The predicted molar refractivity (Wildman–Crippen MR) is 54.4 cm³/mol. The van der Waals surface area contributed by atoms with E-state index >= 15 is 0 Å². The number of nitrogens with two attached hydrogens (primary N) is 1. The molecule has 0 heterocycles. The first kappa shape index (κ1) is 12.5. The van der Waals surface area contributed by atoms with Crippen molar-refractivity contribution < 1.29 is 9.59 Å². The van der Waals surface area contributed by atoms with Gasteiger partial charge >= 0.3 is 6.03 Å². The van der Waals surface area contributed by atoms with Crippen LogP contribution in [0.1, 0.15) is 27.7 Å². The van der Waals surface area contributed by atoms with Crippen LogP contribution in [0.4, 0.5) is 4.79 Å². The number of hydrogen-bond acceptors (Lipinski definition) is 3. The van der Waals surface area contributed by atoms with E-state index < -0.39 is 11.9 Å². The standard InChI is InChI=1S/C9H17N3O2/c1-6(5-10)7(13)11-8(14)12-9(2,3)4/h5H,10H2,1-4H3,(H2,11,12,13,14)/b6-5+. The van der Waals surface area contributed by atoms with Crippen molar-refractivity contribution in [3.05, 3.63) is 11.8 Å². The molecule has 0 unspecified atom stereocenters. The minimum atomic E-state index is -0.524. The Morgan fingerprint density at radius 1 is 1.29 bits per heavy atom. The van der Waals surface area contributed by atoms with Crippen LogP contribution in [0.2, 0.25) is 0 Å². The summed E-state index contributed by atoms with van der Waals surface area (Å²) in [7, 11) is 0. The summed E-state index contributed by atoms with van der Waals surface area (Å²) in [5.41, 5.74) is 5.05. The van der Waals surface area contributed by atoms with Crippen LogP contribution in [-0.2, 0) is 4.79 Å². The highest BCUT2D eigenvalue weighted by Crippen LogP contribution is 1.97. The number of hydrogen-bond donors (Lipinski definition) is 3. The largest absolute Gasteiger partial charge is 0.404 e. The van der Waals surface area contributed by atoms with Crippen molar-refractivity contribution >= 4 is 11.9 Å². The molecule has 3 amide bonds. The summed E-state index contributed by atoms with van der Waals surface area (Å²) >= 11 is 0. The molecule has 0 atom stereocenters. The lowest BCUT2D eigenvalue weighted by atomic mass is 10.1. The zero-order valence-electron chi connectivity index (χ0n) is 8.97. The molecule has 0 aromatic heterocycles. The molecule has 0 saturated heterocycles. The summed E-state index contributed by atoms with van der Waals surface area (Å²) in [6.45, 7) is 6.99. The van der Waals surface area contributed by atoms with E-state index in [0.717, 1.165) is 6.20 Å². The summed E-state index contributed by atoms with van der Waals surface area (Å²) in [5.74, 6) is -0.491. The molecule has 0 aliphatic rings. The molecule has 0 spiro atoms. The van der Waals surface area contributed by atoms with Gasteiger partial charge in [0.15, 0.2) is 0 Å². The van der Waals surface area contributed by atoms with Crippen LogP contribution in [0, 0.1) is 0 Å². The quantitative estimate of drug-likeness (QED) is 0.537. The molecule has 0 aromatic rings. The van der Waals surface area contributed by atoms with Crippen molar-refractivity contribution in [2.75, 3.05) is 0 Å². The van der Waals surface area contributed by atoms with Crippen LogP contribution >= 0.6 is 0 Å². The van der Waals surface area contributed by atoms with E-state index in [9.17, 15) is 9.59 Å². The lowest BCUT2D eigenvalue weighted by Gasteiger charge is -2.20. The number of carbonyl (C=O) groups excluding carboxylic acids is 2. The summed E-state index contributed by atoms with van der Waals surface area (Å²) < 4.78 is 0. The SMILES string of the molecule is C/C(=C\N)C(=O)NC(=O)NC(C)(C)C. The molecule has 5 nitrogen and oxygen atoms in total. The molecule has 0 aliphatic heterocycles. The summed E-state index contributed by atoms with van der Waals surface area (Å²) in [6, 6.07) is -0.524. The number of carbonyl (C=O) groups is 2. The third-order valence-electron chi connectivity index (χ3n) is 1.32. The van der Waals surface area contributed by atoms with Crippen LogP contribution in [-0.4, -0.2) is 17.5 Å². The Balaban J connectivity index is 4.15. The van der Waals surface area contributed by atoms with E-state index in [1.54, 1.807) is 0 Å². The third-order valence-corrected chi connectivity index (χ3v) is 1.32. The van der Waals surface area contributed by atoms with Crippen LogP contribution in [0.25, 0.3) is 0 Å². The Morgan fingerprint density at radius 3 is 2.14 bits per heavy atom. The molecule has 0 saturated carbocycles. The van der Waals surface area contributed by atoms with Crippen LogP contribution < -0.4 is 16.4 Å². The monoisotopic (exact) mass is 199 g/mol. The highest BCUT2D eigenvalue weighted by Gasteiger charge is 2.15. The van der Waals surface area contributed by atoms with Gasteiger partial charge in [-0.2, -0.15) is 0 Å². The van der Waals surface area contributed by atoms with Gasteiger partial charge in [-0.1, -0.05) is 0 Å². The van der Waals surface area contributed by atoms with E-state index in [0.29, 0.717) is 5.57 Å². The molecule has 0 radical (unpaired) electrons. The van der Waals surface area contributed by atoms with Gasteiger partial charge in [0.2, 0.25) is 0 Å². The van der Waals surface area contributed by atoms with Crippen molar-refractivity contribution in [3.8, 4) is 0 Å². The van der Waals surface area contributed by atoms with Gasteiger partial charge in [0.05, 0.1) is 0 Å². The van der Waals surface area contributed by atoms with Crippen molar-refractivity contribution in [3.63, 3.8) is 0 Å². The van der Waals surface area contributed by atoms with E-state index in [1.165, 1.54) is 6.92 Å². The molecule has 14 heavy (non-hydrogen) atoms. The minimum Gasteiger partial charge on any atom is -0.404 e. The molecule has 0 aromatic carbocycles. The van der Waals surface area contributed by atoms with E-state index in [4.69, 9.17) is 5.73 Å². The first-order chi connectivity index (χ1) is 6.26. The Labute approximate surface area is 83.7 Å². The fourth-order valence-electron chi connectivity index (χ4n) is 0.649. The van der Waals surface area contributed by atoms with Gasteiger partial charge in [0.1, 0.15) is 0 Å². The molecule has 0 bridgehead atoms. The van der Waals surface area contributed by atoms with Crippen molar-refractivity contribution in [2.45, 2.75) is 33.2 Å². The van der Waals surface area contributed by atoms with Crippen LogP contribution in [0.5, 0.6) is 0 Å². The molecular weight excluding hydrogens is 182 g/mol. The topological polar surface area (TPSA) is 84.2 Å². The van der Waals surface area contributed by atoms with Gasteiger partial charge in [-0.25, -0.2) is 4.79 Å². The number of urea groups is 1. The Kier molecular flexibility index (Phi) is 4.14. The first-order valence-electron chi connectivity index (χ1n) is 4.28. The summed E-state index contributed by atoms with van der Waals surface area (Å²) in [5, 5.41) is 4.74. The highest BCUT2D eigenvalue weighted by atomic mass is 16.2. The maximum absolute atomic E-state index is 11.2. The third kappa shape index (κ3) is 5.18. The molecule has 5 heteroatoms. The van der Waals surface area contributed by atoms with Gasteiger partial charge in [0, 0.05) is 17.3 Å². The van der Waals surface area contributed by atoms with Gasteiger partial charge in [-0.3, -0.25) is 10.1 Å². The number of amides is 3. The van der Waals surface area contributed by atoms with Gasteiger partial charge in [-0.15, -0.1) is 0 Å². The van der Waals surface area contributed by atoms with Gasteiger partial charge in [-0.05, 0) is 27.7 Å². The Hall–Kier alpha value is -1.52. The Morgan fingerprint density at radius 2 is 1.79 bits per heavy atom. The molecule has 4 N–H and O–H groups in total. The Bertz CT molecular complexity index is 264. The van der Waals surface area contributed by atoms with Crippen LogP contribution in [0.3, 0.4) is 0 Å². The number of rotatable bonds is 1. The second kappa shape index (κ2) is 4.64. The van der Waals surface area contributed by atoms with Gasteiger partial charge in [0.25, 0.3) is 5.91 Å². The number of nitrogens with one attached hydrogen (secondary N) is 2. The van der Waals surface area contributed by atoms with E-state index in [2.05, 4.69) is 10.6 Å². The minimum absolute atomic E-state index is 0.300. The average Bonchev–Trinajstić information content (AvgIpc) is 1.99. The molecule has 0 rings (SSSR count). The first-order valence-corrected chi connectivity index (χ1v) is 4.28. The highest BCUT2D eigenvalue weighted by molar-refractivity contribution is 6.03. The van der Waals surface area contributed by atoms with Crippen LogP contribution in [0.15, 0.2) is 11.8 Å². The lowest BCUT2D eigenvalue weighted by Crippen LogP contribution is -2.48. The maximum Gasteiger partial charge on any atom is 0.322 e. The van der Waals surface area contributed by atoms with Gasteiger partial charge < -0.3 is 11.1 Å². The van der Waals surface area contributed by atoms with E-state index in [1.807, 2.05) is 20.8 Å². The number of imide groups is 1. The fraction of sp³-hybridized carbons (Fsp3) is 0.556. The van der Waals surface area contributed by atoms with E-state index in [-0.39, 0.29) is 5.54 Å².